The van der Waals surface area contributed by atoms with Crippen molar-refractivity contribution < 1.29 is 4.79 Å². The zero-order valence-corrected chi connectivity index (χ0v) is 11.3. The second kappa shape index (κ2) is 4.59. The average molecular weight is 270 g/mol. The van der Waals surface area contributed by atoms with Crippen LogP contribution < -0.4 is 5.32 Å². The first-order valence-corrected chi connectivity index (χ1v) is 7.28. The van der Waals surface area contributed by atoms with Gasteiger partial charge in [0.15, 0.2) is 0 Å². The minimum Gasteiger partial charge on any atom is -0.345 e. The van der Waals surface area contributed by atoms with Gasteiger partial charge in [-0.3, -0.25) is 4.79 Å². The number of hydrogen-bond acceptors (Lipinski definition) is 3. The number of piperidine rings is 1. The van der Waals surface area contributed by atoms with Crippen LogP contribution in [0.2, 0.25) is 0 Å². The predicted octanol–water partition coefficient (Wildman–Crippen LogP) is 1.39. The minimum atomic E-state index is 0.153. The van der Waals surface area contributed by atoms with E-state index in [0.717, 1.165) is 42.7 Å². The molecule has 4 rings (SSSR count). The first kappa shape index (κ1) is 11.9. The molecule has 0 aliphatic carbocycles. The Morgan fingerprint density at radius 2 is 2.30 bits per heavy atom. The summed E-state index contributed by atoms with van der Waals surface area (Å²) in [5.41, 5.74) is 2.59. The molecular formula is C15H18N4O. The number of hydrogen-bond donors (Lipinski definition) is 2. The lowest BCUT2D eigenvalue weighted by molar-refractivity contribution is 0.0575. The molecule has 1 amide bonds. The lowest BCUT2D eigenvalue weighted by atomic mass is 9.91. The number of nitrogens with zero attached hydrogens (tertiary/aromatic N) is 2. The molecule has 2 fully saturated rings. The number of imidazole rings is 1. The molecule has 20 heavy (non-hydrogen) atoms. The van der Waals surface area contributed by atoms with E-state index in [9.17, 15) is 4.79 Å². The fourth-order valence-corrected chi connectivity index (χ4v) is 3.55. The van der Waals surface area contributed by atoms with Gasteiger partial charge in [-0.1, -0.05) is 0 Å². The smallest absolute Gasteiger partial charge is 0.254 e. The topological polar surface area (TPSA) is 61.0 Å². The largest absolute Gasteiger partial charge is 0.345 e. The van der Waals surface area contributed by atoms with Crippen molar-refractivity contribution in [2.45, 2.75) is 18.9 Å². The van der Waals surface area contributed by atoms with Crippen LogP contribution in [0.3, 0.4) is 0 Å². The molecule has 2 aliphatic heterocycles. The Labute approximate surface area is 117 Å². The van der Waals surface area contributed by atoms with Crippen molar-refractivity contribution in [1.82, 2.24) is 20.2 Å². The van der Waals surface area contributed by atoms with Crippen LogP contribution in [0.4, 0.5) is 0 Å². The third-order valence-electron chi connectivity index (χ3n) is 4.61. The second-order valence-electron chi connectivity index (χ2n) is 5.76. The number of nitrogens with one attached hydrogen (secondary N) is 2. The van der Waals surface area contributed by atoms with Crippen LogP contribution in [-0.4, -0.2) is 46.5 Å². The van der Waals surface area contributed by atoms with Gasteiger partial charge >= 0.3 is 0 Å². The van der Waals surface area contributed by atoms with E-state index in [1.807, 2.05) is 18.2 Å². The standard InChI is InChI=1S/C15H18N4O/c20-15(10-3-4-12-13(6-10)18-9-17-12)19-5-1-2-11-7-16-8-14(11)19/h3-4,6,9,11,14,16H,1-2,5,7-8H2,(H,17,18). The van der Waals surface area contributed by atoms with E-state index in [1.54, 1.807) is 6.33 Å². The minimum absolute atomic E-state index is 0.153. The Kier molecular flexibility index (Phi) is 2.73. The molecule has 2 unspecified atom stereocenters. The molecule has 0 radical (unpaired) electrons. The van der Waals surface area contributed by atoms with Gasteiger partial charge in [0.05, 0.1) is 17.4 Å². The molecule has 5 nitrogen and oxygen atoms in total. The molecule has 0 spiro atoms. The van der Waals surface area contributed by atoms with Crippen molar-refractivity contribution in [3.8, 4) is 0 Å². The van der Waals surface area contributed by atoms with Gasteiger partial charge in [-0.05, 0) is 37.0 Å². The summed E-state index contributed by atoms with van der Waals surface area (Å²) >= 11 is 0. The molecule has 3 heterocycles. The summed E-state index contributed by atoms with van der Waals surface area (Å²) in [6, 6.07) is 6.08. The van der Waals surface area contributed by atoms with E-state index >= 15 is 0 Å². The van der Waals surface area contributed by atoms with Crippen LogP contribution in [0.15, 0.2) is 24.5 Å². The number of amides is 1. The molecule has 2 aromatic rings. The highest BCUT2D eigenvalue weighted by Crippen LogP contribution is 2.28. The van der Waals surface area contributed by atoms with Crippen LogP contribution in [0.1, 0.15) is 23.2 Å². The quantitative estimate of drug-likeness (QED) is 0.823. The summed E-state index contributed by atoms with van der Waals surface area (Å²) in [6.07, 6.45) is 4.01. The van der Waals surface area contributed by atoms with Gasteiger partial charge in [0.25, 0.3) is 5.91 Å². The number of benzene rings is 1. The van der Waals surface area contributed by atoms with Crippen LogP contribution in [-0.2, 0) is 0 Å². The highest BCUT2D eigenvalue weighted by Gasteiger charge is 2.37. The first-order chi connectivity index (χ1) is 9.83. The van der Waals surface area contributed by atoms with Crippen molar-refractivity contribution >= 4 is 16.9 Å². The molecule has 104 valence electrons. The van der Waals surface area contributed by atoms with E-state index in [0.29, 0.717) is 12.0 Å². The summed E-state index contributed by atoms with van der Waals surface area (Å²) in [5, 5.41) is 3.42. The predicted molar refractivity (Wildman–Crippen MR) is 76.5 cm³/mol. The Morgan fingerprint density at radius 3 is 3.25 bits per heavy atom. The Hall–Kier alpha value is -1.88. The molecule has 0 bridgehead atoms. The fourth-order valence-electron chi connectivity index (χ4n) is 3.55. The number of aromatic amines is 1. The van der Waals surface area contributed by atoms with Gasteiger partial charge in [0, 0.05) is 31.2 Å². The summed E-state index contributed by atoms with van der Waals surface area (Å²) in [5.74, 6) is 0.781. The zero-order valence-electron chi connectivity index (χ0n) is 11.3. The van der Waals surface area contributed by atoms with Crippen molar-refractivity contribution in [2.24, 2.45) is 5.92 Å². The molecule has 1 aromatic heterocycles. The lowest BCUT2D eigenvalue weighted by Crippen LogP contribution is -2.48. The van der Waals surface area contributed by atoms with Crippen LogP contribution in [0.5, 0.6) is 0 Å². The molecule has 1 aromatic carbocycles. The van der Waals surface area contributed by atoms with E-state index in [1.165, 1.54) is 6.42 Å². The van der Waals surface area contributed by atoms with E-state index < -0.39 is 0 Å². The van der Waals surface area contributed by atoms with Gasteiger partial charge in [-0.25, -0.2) is 4.98 Å². The van der Waals surface area contributed by atoms with E-state index in [4.69, 9.17) is 0 Å². The highest BCUT2D eigenvalue weighted by atomic mass is 16.2. The lowest BCUT2D eigenvalue weighted by Gasteiger charge is -2.37. The molecule has 5 heteroatoms. The summed E-state index contributed by atoms with van der Waals surface area (Å²) in [4.78, 5) is 22.1. The summed E-state index contributed by atoms with van der Waals surface area (Å²) in [7, 11) is 0. The van der Waals surface area contributed by atoms with Crippen LogP contribution in [0.25, 0.3) is 11.0 Å². The van der Waals surface area contributed by atoms with Gasteiger partial charge in [-0.15, -0.1) is 0 Å². The zero-order chi connectivity index (χ0) is 13.5. The van der Waals surface area contributed by atoms with Crippen LogP contribution >= 0.6 is 0 Å². The average Bonchev–Trinajstić information content (AvgIpc) is 3.13. The number of fused-ring (bicyclic) bond motifs is 2. The number of aromatic nitrogens is 2. The van der Waals surface area contributed by atoms with E-state index in [-0.39, 0.29) is 5.91 Å². The molecular weight excluding hydrogens is 252 g/mol. The van der Waals surface area contributed by atoms with Crippen molar-refractivity contribution in [3.05, 3.63) is 30.1 Å². The maximum absolute atomic E-state index is 12.8. The monoisotopic (exact) mass is 270 g/mol. The second-order valence-corrected chi connectivity index (χ2v) is 5.76. The third-order valence-corrected chi connectivity index (χ3v) is 4.61. The van der Waals surface area contributed by atoms with E-state index in [2.05, 4.69) is 20.2 Å². The summed E-state index contributed by atoms with van der Waals surface area (Å²) < 4.78 is 0. The van der Waals surface area contributed by atoms with Crippen molar-refractivity contribution in [3.63, 3.8) is 0 Å². The SMILES string of the molecule is O=C(c1ccc2nc[nH]c2c1)N1CCCC2CNCC21. The molecule has 2 atom stereocenters. The highest BCUT2D eigenvalue weighted by molar-refractivity contribution is 5.97. The van der Waals surface area contributed by atoms with Crippen LogP contribution in [0, 0.1) is 5.92 Å². The molecule has 2 N–H and O–H groups in total. The number of rotatable bonds is 1. The Morgan fingerprint density at radius 1 is 1.35 bits per heavy atom. The number of carbonyl (C=O) groups is 1. The molecule has 2 saturated heterocycles. The van der Waals surface area contributed by atoms with Gasteiger partial charge in [0.2, 0.25) is 0 Å². The number of carbonyl (C=O) groups excluding carboxylic acids is 1. The van der Waals surface area contributed by atoms with Gasteiger partial charge in [-0.2, -0.15) is 0 Å². The normalized spacial score (nSPS) is 25.9. The van der Waals surface area contributed by atoms with Crippen molar-refractivity contribution in [2.75, 3.05) is 19.6 Å². The van der Waals surface area contributed by atoms with Gasteiger partial charge < -0.3 is 15.2 Å². The Balaban J connectivity index is 1.65. The van der Waals surface area contributed by atoms with Gasteiger partial charge in [0.1, 0.15) is 0 Å². The molecule has 2 aliphatic rings. The maximum atomic E-state index is 12.8. The number of likely N-dealkylation sites (tertiary alicyclic amines) is 1. The Bertz CT molecular complexity index is 650. The molecule has 0 saturated carbocycles. The summed E-state index contributed by atoms with van der Waals surface area (Å²) in [6.45, 7) is 2.86. The van der Waals surface area contributed by atoms with Crippen molar-refractivity contribution in [1.29, 1.82) is 0 Å². The maximum Gasteiger partial charge on any atom is 0.254 e. The first-order valence-electron chi connectivity index (χ1n) is 7.28. The number of H-pyrrole nitrogens is 1. The third kappa shape index (κ3) is 1.81. The fraction of sp³-hybridized carbons (Fsp3) is 0.467.